The van der Waals surface area contributed by atoms with E-state index in [4.69, 9.17) is 4.74 Å². The number of aromatic amines is 1. The van der Waals surface area contributed by atoms with Crippen molar-refractivity contribution in [2.45, 2.75) is 31.8 Å². The SMILES string of the molecule is CC(Oc1ccccc1)C(=O)N1CCC(c2cc(C(=O)N(C)c3ccccc3)n[nH]2)CC1. The van der Waals surface area contributed by atoms with Crippen LogP contribution in [0.3, 0.4) is 0 Å². The summed E-state index contributed by atoms with van der Waals surface area (Å²) in [6, 6.07) is 20.7. The first-order valence-electron chi connectivity index (χ1n) is 10.9. The smallest absolute Gasteiger partial charge is 0.278 e. The predicted molar refractivity (Wildman–Crippen MR) is 123 cm³/mol. The first-order chi connectivity index (χ1) is 15.5. The van der Waals surface area contributed by atoms with Crippen molar-refractivity contribution in [1.29, 1.82) is 0 Å². The Balaban J connectivity index is 1.32. The van der Waals surface area contributed by atoms with Crippen molar-refractivity contribution in [3.05, 3.63) is 78.1 Å². The minimum Gasteiger partial charge on any atom is -0.481 e. The fourth-order valence-electron chi connectivity index (χ4n) is 4.02. The number of carbonyl (C=O) groups is 2. The van der Waals surface area contributed by atoms with Crippen LogP contribution in [0.2, 0.25) is 0 Å². The average Bonchev–Trinajstić information content (AvgIpc) is 3.34. The molecule has 2 heterocycles. The number of piperidine rings is 1. The summed E-state index contributed by atoms with van der Waals surface area (Å²) < 4.78 is 5.78. The van der Waals surface area contributed by atoms with E-state index in [2.05, 4.69) is 10.2 Å². The van der Waals surface area contributed by atoms with Gasteiger partial charge in [0.05, 0.1) is 0 Å². The first-order valence-corrected chi connectivity index (χ1v) is 10.9. The average molecular weight is 433 g/mol. The van der Waals surface area contributed by atoms with Crippen LogP contribution in [0.4, 0.5) is 5.69 Å². The highest BCUT2D eigenvalue weighted by Crippen LogP contribution is 2.28. The molecule has 0 saturated carbocycles. The van der Waals surface area contributed by atoms with Gasteiger partial charge in [-0.3, -0.25) is 14.7 Å². The zero-order valence-corrected chi connectivity index (χ0v) is 18.4. The Labute approximate surface area is 188 Å². The van der Waals surface area contributed by atoms with Crippen LogP contribution >= 0.6 is 0 Å². The molecule has 4 rings (SSSR count). The first kappa shape index (κ1) is 21.6. The van der Waals surface area contributed by atoms with Crippen molar-refractivity contribution in [3.8, 4) is 5.75 Å². The number of para-hydroxylation sites is 2. The van der Waals surface area contributed by atoms with E-state index in [0.29, 0.717) is 24.5 Å². The topological polar surface area (TPSA) is 78.5 Å². The Morgan fingerprint density at radius 3 is 2.34 bits per heavy atom. The van der Waals surface area contributed by atoms with Gasteiger partial charge in [0.15, 0.2) is 11.8 Å². The summed E-state index contributed by atoms with van der Waals surface area (Å²) in [5, 5.41) is 7.29. The number of H-pyrrole nitrogens is 1. The monoisotopic (exact) mass is 432 g/mol. The van der Waals surface area contributed by atoms with Gasteiger partial charge in [0.1, 0.15) is 5.75 Å². The fraction of sp³-hybridized carbons (Fsp3) is 0.320. The van der Waals surface area contributed by atoms with Crippen molar-refractivity contribution < 1.29 is 14.3 Å². The molecule has 7 heteroatoms. The maximum atomic E-state index is 12.8. The van der Waals surface area contributed by atoms with Gasteiger partial charge < -0.3 is 14.5 Å². The summed E-state index contributed by atoms with van der Waals surface area (Å²) in [6.07, 6.45) is 1.10. The van der Waals surface area contributed by atoms with Crippen LogP contribution in [-0.4, -0.2) is 53.2 Å². The molecule has 1 unspecified atom stereocenters. The van der Waals surface area contributed by atoms with E-state index < -0.39 is 6.10 Å². The van der Waals surface area contributed by atoms with Crippen LogP contribution in [0.25, 0.3) is 0 Å². The van der Waals surface area contributed by atoms with E-state index in [-0.39, 0.29) is 17.7 Å². The molecule has 0 spiro atoms. The lowest BCUT2D eigenvalue weighted by Gasteiger charge is -2.33. The van der Waals surface area contributed by atoms with Gasteiger partial charge in [0.2, 0.25) is 0 Å². The number of nitrogens with one attached hydrogen (secondary N) is 1. The Morgan fingerprint density at radius 1 is 1.06 bits per heavy atom. The molecule has 7 nitrogen and oxygen atoms in total. The van der Waals surface area contributed by atoms with Gasteiger partial charge in [-0.1, -0.05) is 36.4 Å². The Morgan fingerprint density at radius 2 is 1.69 bits per heavy atom. The number of hydrogen-bond donors (Lipinski definition) is 1. The van der Waals surface area contributed by atoms with Crippen LogP contribution < -0.4 is 9.64 Å². The lowest BCUT2D eigenvalue weighted by Crippen LogP contribution is -2.44. The third-order valence-electron chi connectivity index (χ3n) is 5.92. The number of amides is 2. The zero-order chi connectivity index (χ0) is 22.5. The van der Waals surface area contributed by atoms with Gasteiger partial charge in [-0.15, -0.1) is 0 Å². The standard InChI is InChI=1S/C25H28N4O3/c1-18(32-21-11-7-4-8-12-21)24(30)29-15-13-19(14-16-29)22-17-23(27-26-22)25(31)28(2)20-9-5-3-6-10-20/h3-12,17-19H,13-16H2,1-2H3,(H,26,27). The highest BCUT2D eigenvalue weighted by Gasteiger charge is 2.29. The van der Waals surface area contributed by atoms with Crippen molar-refractivity contribution >= 4 is 17.5 Å². The van der Waals surface area contributed by atoms with Crippen LogP contribution in [0, 0.1) is 0 Å². The molecule has 2 amide bonds. The molecule has 0 radical (unpaired) electrons. The Hall–Kier alpha value is -3.61. The normalized spacial score (nSPS) is 15.2. The number of anilines is 1. The molecule has 1 saturated heterocycles. The van der Waals surface area contributed by atoms with E-state index in [9.17, 15) is 9.59 Å². The van der Waals surface area contributed by atoms with Crippen LogP contribution in [0.1, 0.15) is 41.9 Å². The molecule has 32 heavy (non-hydrogen) atoms. The van der Waals surface area contributed by atoms with Crippen molar-refractivity contribution in [2.75, 3.05) is 25.0 Å². The zero-order valence-electron chi connectivity index (χ0n) is 18.4. The number of aromatic nitrogens is 2. The number of likely N-dealkylation sites (tertiary alicyclic amines) is 1. The second kappa shape index (κ2) is 9.68. The quantitative estimate of drug-likeness (QED) is 0.642. The summed E-state index contributed by atoms with van der Waals surface area (Å²) in [6.45, 7) is 3.09. The van der Waals surface area contributed by atoms with Crippen molar-refractivity contribution in [2.24, 2.45) is 0 Å². The maximum absolute atomic E-state index is 12.8. The van der Waals surface area contributed by atoms with Gasteiger partial charge >= 0.3 is 0 Å². The number of nitrogens with zero attached hydrogens (tertiary/aromatic N) is 3. The number of rotatable bonds is 6. The summed E-state index contributed by atoms with van der Waals surface area (Å²) in [5.41, 5.74) is 2.16. The van der Waals surface area contributed by atoms with Crippen molar-refractivity contribution in [1.82, 2.24) is 15.1 Å². The number of hydrogen-bond acceptors (Lipinski definition) is 4. The summed E-state index contributed by atoms with van der Waals surface area (Å²) in [5.74, 6) is 0.773. The van der Waals surface area contributed by atoms with E-state index in [1.165, 1.54) is 0 Å². The van der Waals surface area contributed by atoms with E-state index in [1.54, 1.807) is 18.9 Å². The lowest BCUT2D eigenvalue weighted by molar-refractivity contribution is -0.139. The van der Waals surface area contributed by atoms with Gasteiger partial charge in [0.25, 0.3) is 11.8 Å². The van der Waals surface area contributed by atoms with Crippen LogP contribution in [0.5, 0.6) is 5.75 Å². The molecule has 1 atom stereocenters. The molecule has 0 aliphatic carbocycles. The third-order valence-corrected chi connectivity index (χ3v) is 5.92. The van der Waals surface area contributed by atoms with E-state index in [0.717, 1.165) is 24.2 Å². The highest BCUT2D eigenvalue weighted by atomic mass is 16.5. The minimum absolute atomic E-state index is 0.00253. The van der Waals surface area contributed by atoms with Crippen LogP contribution in [0.15, 0.2) is 66.7 Å². The molecule has 0 bridgehead atoms. The van der Waals surface area contributed by atoms with E-state index >= 15 is 0 Å². The van der Waals surface area contributed by atoms with Gasteiger partial charge in [0, 0.05) is 37.4 Å². The molecule has 2 aromatic carbocycles. The number of ether oxygens (including phenoxy) is 1. The Bertz CT molecular complexity index is 1040. The molecule has 1 N–H and O–H groups in total. The second-order valence-electron chi connectivity index (χ2n) is 8.08. The molecular weight excluding hydrogens is 404 g/mol. The molecule has 3 aromatic rings. The summed E-state index contributed by atoms with van der Waals surface area (Å²) >= 11 is 0. The molecule has 1 fully saturated rings. The third kappa shape index (κ3) is 4.82. The van der Waals surface area contributed by atoms with Gasteiger partial charge in [-0.2, -0.15) is 5.10 Å². The molecule has 1 aromatic heterocycles. The number of carbonyl (C=O) groups excluding carboxylic acids is 2. The molecular formula is C25H28N4O3. The maximum Gasteiger partial charge on any atom is 0.278 e. The fourth-order valence-corrected chi connectivity index (χ4v) is 4.02. The van der Waals surface area contributed by atoms with Crippen molar-refractivity contribution in [3.63, 3.8) is 0 Å². The Kier molecular flexibility index (Phi) is 6.54. The van der Waals surface area contributed by atoms with Gasteiger partial charge in [-0.05, 0) is 50.1 Å². The molecule has 1 aliphatic rings. The lowest BCUT2D eigenvalue weighted by atomic mass is 9.93. The number of benzene rings is 2. The highest BCUT2D eigenvalue weighted by molar-refractivity contribution is 6.04. The molecule has 1 aliphatic heterocycles. The predicted octanol–water partition coefficient (Wildman–Crippen LogP) is 3.86. The van der Waals surface area contributed by atoms with Crippen LogP contribution in [-0.2, 0) is 4.79 Å². The van der Waals surface area contributed by atoms with Gasteiger partial charge in [-0.25, -0.2) is 0 Å². The van der Waals surface area contributed by atoms with E-state index in [1.807, 2.05) is 71.6 Å². The largest absolute Gasteiger partial charge is 0.481 e. The second-order valence-corrected chi connectivity index (χ2v) is 8.08. The summed E-state index contributed by atoms with van der Waals surface area (Å²) in [4.78, 5) is 29.0. The molecule has 166 valence electrons. The minimum atomic E-state index is -0.529. The summed E-state index contributed by atoms with van der Waals surface area (Å²) in [7, 11) is 1.74.